The van der Waals surface area contributed by atoms with E-state index in [4.69, 9.17) is 0 Å². The summed E-state index contributed by atoms with van der Waals surface area (Å²) in [5.41, 5.74) is 0. The van der Waals surface area contributed by atoms with Crippen molar-refractivity contribution in [3.63, 3.8) is 0 Å². The van der Waals surface area contributed by atoms with Crippen molar-refractivity contribution in [1.82, 2.24) is 20.4 Å². The first kappa shape index (κ1) is 15.5. The van der Waals surface area contributed by atoms with E-state index in [1.807, 2.05) is 16.9 Å². The number of aliphatic imine (C=N–C) groups is 1. The van der Waals surface area contributed by atoms with Crippen molar-refractivity contribution in [2.75, 3.05) is 19.6 Å². The fourth-order valence-corrected chi connectivity index (χ4v) is 1.68. The number of nitrogens with zero attached hydrogens (tertiary/aromatic N) is 3. The van der Waals surface area contributed by atoms with Crippen LogP contribution in [0.2, 0.25) is 0 Å². The maximum absolute atomic E-state index is 4.56. The second kappa shape index (κ2) is 9.42. The maximum Gasteiger partial charge on any atom is 0.191 e. The Kier molecular flexibility index (Phi) is 7.70. The van der Waals surface area contributed by atoms with E-state index in [2.05, 4.69) is 41.5 Å². The number of hydrogen-bond donors (Lipinski definition) is 2. The molecule has 0 unspecified atom stereocenters. The Morgan fingerprint density at radius 2 is 2.21 bits per heavy atom. The van der Waals surface area contributed by atoms with Crippen molar-refractivity contribution < 1.29 is 0 Å². The van der Waals surface area contributed by atoms with Crippen LogP contribution in [0.4, 0.5) is 0 Å². The van der Waals surface area contributed by atoms with Gasteiger partial charge in [0.15, 0.2) is 5.96 Å². The first-order chi connectivity index (χ1) is 9.22. The first-order valence-electron chi connectivity index (χ1n) is 7.22. The van der Waals surface area contributed by atoms with Crippen LogP contribution in [-0.4, -0.2) is 35.4 Å². The highest BCUT2D eigenvalue weighted by atomic mass is 15.3. The third-order valence-corrected chi connectivity index (χ3v) is 2.73. The van der Waals surface area contributed by atoms with Crippen LogP contribution in [0.15, 0.2) is 23.5 Å². The van der Waals surface area contributed by atoms with E-state index in [1.54, 1.807) is 6.20 Å². The second-order valence-corrected chi connectivity index (χ2v) is 4.99. The summed E-state index contributed by atoms with van der Waals surface area (Å²) >= 11 is 0. The Morgan fingerprint density at radius 3 is 2.84 bits per heavy atom. The molecule has 5 heteroatoms. The third kappa shape index (κ3) is 7.49. The molecule has 1 aromatic heterocycles. The predicted octanol–water partition coefficient (Wildman–Crippen LogP) is 1.87. The van der Waals surface area contributed by atoms with E-state index >= 15 is 0 Å². The maximum atomic E-state index is 4.56. The Balaban J connectivity index is 2.23. The van der Waals surface area contributed by atoms with Gasteiger partial charge in [0.25, 0.3) is 0 Å². The molecule has 1 heterocycles. The summed E-state index contributed by atoms with van der Waals surface area (Å²) in [4.78, 5) is 4.56. The molecule has 5 nitrogen and oxygen atoms in total. The SMILES string of the molecule is CCNC(=NCCCn1cccn1)NCCC(C)C. The van der Waals surface area contributed by atoms with E-state index in [-0.39, 0.29) is 0 Å². The molecule has 108 valence electrons. The Hall–Kier alpha value is -1.52. The zero-order valence-corrected chi connectivity index (χ0v) is 12.4. The molecule has 1 rings (SSSR count). The lowest BCUT2D eigenvalue weighted by molar-refractivity contribution is 0.569. The van der Waals surface area contributed by atoms with E-state index in [9.17, 15) is 0 Å². The lowest BCUT2D eigenvalue weighted by atomic mass is 10.1. The minimum absolute atomic E-state index is 0.718. The summed E-state index contributed by atoms with van der Waals surface area (Å²) in [6, 6.07) is 1.95. The number of aromatic nitrogens is 2. The van der Waals surface area contributed by atoms with Gasteiger partial charge in [0.05, 0.1) is 0 Å². The highest BCUT2D eigenvalue weighted by Gasteiger charge is 1.98. The quantitative estimate of drug-likeness (QED) is 0.429. The predicted molar refractivity (Wildman–Crippen MR) is 80.3 cm³/mol. The average Bonchev–Trinajstić information content (AvgIpc) is 2.87. The molecule has 19 heavy (non-hydrogen) atoms. The van der Waals surface area contributed by atoms with Crippen molar-refractivity contribution in [3.05, 3.63) is 18.5 Å². The summed E-state index contributed by atoms with van der Waals surface area (Å²) < 4.78 is 1.94. The highest BCUT2D eigenvalue weighted by Crippen LogP contribution is 1.96. The lowest BCUT2D eigenvalue weighted by Gasteiger charge is -2.12. The molecule has 0 atom stereocenters. The molecule has 0 radical (unpaired) electrons. The van der Waals surface area contributed by atoms with Gasteiger partial charge in [-0.05, 0) is 31.7 Å². The molecule has 0 aromatic carbocycles. The normalized spacial score (nSPS) is 11.9. The zero-order chi connectivity index (χ0) is 13.9. The van der Waals surface area contributed by atoms with Crippen LogP contribution in [-0.2, 0) is 6.54 Å². The van der Waals surface area contributed by atoms with Gasteiger partial charge >= 0.3 is 0 Å². The topological polar surface area (TPSA) is 54.2 Å². The number of hydrogen-bond acceptors (Lipinski definition) is 2. The van der Waals surface area contributed by atoms with Gasteiger partial charge in [0.2, 0.25) is 0 Å². The number of guanidine groups is 1. The summed E-state index contributed by atoms with van der Waals surface area (Å²) in [5.74, 6) is 1.64. The Morgan fingerprint density at radius 1 is 1.37 bits per heavy atom. The molecular formula is C14H27N5. The summed E-state index contributed by atoms with van der Waals surface area (Å²) in [6.07, 6.45) is 5.96. The van der Waals surface area contributed by atoms with Crippen LogP contribution in [0.1, 0.15) is 33.6 Å². The fourth-order valence-electron chi connectivity index (χ4n) is 1.68. The van der Waals surface area contributed by atoms with Gasteiger partial charge in [-0.3, -0.25) is 9.67 Å². The molecule has 0 spiro atoms. The summed E-state index contributed by atoms with van der Waals surface area (Å²) in [7, 11) is 0. The van der Waals surface area contributed by atoms with Gasteiger partial charge < -0.3 is 10.6 Å². The minimum Gasteiger partial charge on any atom is -0.357 e. The monoisotopic (exact) mass is 265 g/mol. The molecule has 0 saturated heterocycles. The van der Waals surface area contributed by atoms with Crippen molar-refractivity contribution in [3.8, 4) is 0 Å². The lowest BCUT2D eigenvalue weighted by Crippen LogP contribution is -2.38. The van der Waals surface area contributed by atoms with Crippen LogP contribution in [0.25, 0.3) is 0 Å². The van der Waals surface area contributed by atoms with Gasteiger partial charge in [-0.2, -0.15) is 5.10 Å². The molecule has 0 bridgehead atoms. The molecular weight excluding hydrogens is 238 g/mol. The molecule has 0 aliphatic carbocycles. The van der Waals surface area contributed by atoms with Crippen LogP contribution in [0.3, 0.4) is 0 Å². The highest BCUT2D eigenvalue weighted by molar-refractivity contribution is 5.79. The number of nitrogens with one attached hydrogen (secondary N) is 2. The van der Waals surface area contributed by atoms with Crippen molar-refractivity contribution >= 4 is 5.96 Å². The Labute approximate surface area is 116 Å². The zero-order valence-electron chi connectivity index (χ0n) is 12.4. The average molecular weight is 265 g/mol. The molecule has 0 aliphatic heterocycles. The van der Waals surface area contributed by atoms with Gasteiger partial charge in [-0.25, -0.2) is 0 Å². The molecule has 0 aliphatic rings. The summed E-state index contributed by atoms with van der Waals surface area (Å²) in [6.45, 7) is 10.2. The molecule has 2 N–H and O–H groups in total. The van der Waals surface area contributed by atoms with E-state index in [0.717, 1.165) is 50.9 Å². The summed E-state index contributed by atoms with van der Waals surface area (Å²) in [5, 5.41) is 10.8. The van der Waals surface area contributed by atoms with E-state index in [1.165, 1.54) is 0 Å². The molecule has 0 amide bonds. The molecule has 0 fully saturated rings. The molecule has 0 saturated carbocycles. The van der Waals surface area contributed by atoms with Crippen molar-refractivity contribution in [2.24, 2.45) is 10.9 Å². The van der Waals surface area contributed by atoms with E-state index in [0.29, 0.717) is 0 Å². The van der Waals surface area contributed by atoms with Crippen LogP contribution in [0.5, 0.6) is 0 Å². The number of rotatable bonds is 8. The smallest absolute Gasteiger partial charge is 0.191 e. The minimum atomic E-state index is 0.718. The standard InChI is InChI=1S/C14H27N5/c1-4-15-14(17-10-7-13(2)3)16-8-5-11-19-12-6-9-18-19/h6,9,12-13H,4-5,7-8,10-11H2,1-3H3,(H2,15,16,17). The van der Waals surface area contributed by atoms with E-state index < -0.39 is 0 Å². The van der Waals surface area contributed by atoms with Gasteiger partial charge in [-0.1, -0.05) is 13.8 Å². The van der Waals surface area contributed by atoms with Gasteiger partial charge in [0.1, 0.15) is 0 Å². The van der Waals surface area contributed by atoms with Crippen LogP contribution >= 0.6 is 0 Å². The van der Waals surface area contributed by atoms with Crippen molar-refractivity contribution in [2.45, 2.75) is 40.2 Å². The number of aryl methyl sites for hydroxylation is 1. The van der Waals surface area contributed by atoms with Gasteiger partial charge in [-0.15, -0.1) is 0 Å². The van der Waals surface area contributed by atoms with Crippen molar-refractivity contribution in [1.29, 1.82) is 0 Å². The van der Waals surface area contributed by atoms with Crippen LogP contribution < -0.4 is 10.6 Å². The molecule has 1 aromatic rings. The van der Waals surface area contributed by atoms with Crippen LogP contribution in [0, 0.1) is 5.92 Å². The largest absolute Gasteiger partial charge is 0.357 e. The van der Waals surface area contributed by atoms with Gasteiger partial charge in [0, 0.05) is 38.6 Å². The Bertz CT molecular complexity index is 343. The first-order valence-corrected chi connectivity index (χ1v) is 7.22. The second-order valence-electron chi connectivity index (χ2n) is 4.99. The third-order valence-electron chi connectivity index (χ3n) is 2.73. The fraction of sp³-hybridized carbons (Fsp3) is 0.714.